The lowest BCUT2D eigenvalue weighted by Crippen LogP contribution is -2.40. The van der Waals surface area contributed by atoms with Crippen LogP contribution in [0.1, 0.15) is 52.4 Å². The summed E-state index contributed by atoms with van der Waals surface area (Å²) in [4.78, 5) is 23.1. The van der Waals surface area contributed by atoms with Gasteiger partial charge in [0.2, 0.25) is 0 Å². The smallest absolute Gasteiger partial charge is 0.410 e. The van der Waals surface area contributed by atoms with Gasteiger partial charge in [-0.2, -0.15) is 0 Å². The molecule has 1 aliphatic rings. The third-order valence-electron chi connectivity index (χ3n) is 3.07. The maximum Gasteiger partial charge on any atom is 0.410 e. The third-order valence-corrected chi connectivity index (χ3v) is 3.07. The molecule has 108 valence electrons. The van der Waals surface area contributed by atoms with Crippen LogP contribution in [0, 0.1) is 0 Å². The first kappa shape index (κ1) is 15.5. The molecule has 1 N–H and O–H groups in total. The number of rotatable bonds is 5. The summed E-state index contributed by atoms with van der Waals surface area (Å²) in [5.74, 6) is -0.509. The third kappa shape index (κ3) is 5.77. The average molecular weight is 269 g/mol. The molecule has 0 aromatic rings. The van der Waals surface area contributed by atoms with E-state index in [0.29, 0.717) is 12.0 Å². The molecule has 1 atom stereocenters. The number of ether oxygens (including phenoxy) is 2. The zero-order chi connectivity index (χ0) is 14.3. The molecule has 19 heavy (non-hydrogen) atoms. The van der Waals surface area contributed by atoms with Crippen molar-refractivity contribution in [3.63, 3.8) is 0 Å². The Morgan fingerprint density at radius 3 is 2.47 bits per heavy atom. The summed E-state index contributed by atoms with van der Waals surface area (Å²) in [5, 5.41) is 2.55. The van der Waals surface area contributed by atoms with E-state index in [0.717, 1.165) is 25.7 Å². The lowest BCUT2D eigenvalue weighted by atomic mass is 9.98. The van der Waals surface area contributed by atoms with Crippen LogP contribution in [0.25, 0.3) is 0 Å². The lowest BCUT2D eigenvalue weighted by Gasteiger charge is -2.23. The van der Waals surface area contributed by atoms with E-state index in [1.807, 2.05) is 6.92 Å². The van der Waals surface area contributed by atoms with Gasteiger partial charge in [0.15, 0.2) is 6.23 Å². The molecule has 0 aliphatic heterocycles. The molecule has 1 rings (SSSR count). The minimum Gasteiger partial charge on any atom is -0.446 e. The Labute approximate surface area is 114 Å². The van der Waals surface area contributed by atoms with Crippen molar-refractivity contribution in [1.29, 1.82) is 0 Å². The molecule has 0 saturated heterocycles. The van der Waals surface area contributed by atoms with Gasteiger partial charge in [-0.05, 0) is 32.6 Å². The zero-order valence-corrected chi connectivity index (χ0v) is 11.7. The van der Waals surface area contributed by atoms with Crippen LogP contribution < -0.4 is 5.32 Å². The number of hydrogen-bond donors (Lipinski definition) is 1. The van der Waals surface area contributed by atoms with E-state index in [-0.39, 0.29) is 6.10 Å². The van der Waals surface area contributed by atoms with E-state index in [4.69, 9.17) is 9.47 Å². The fourth-order valence-electron chi connectivity index (χ4n) is 1.94. The van der Waals surface area contributed by atoms with Gasteiger partial charge in [-0.15, -0.1) is 0 Å². The number of hydrogen-bond acceptors (Lipinski definition) is 4. The van der Waals surface area contributed by atoms with Crippen molar-refractivity contribution in [1.82, 2.24) is 5.32 Å². The standard InChI is InChI=1S/C14H23NO4/c1-4-12(19-13(16)10(2)3)15-14(17)18-11-8-6-5-7-9-11/h11-12H,2,4-9H2,1,3H3,(H,15,17). The van der Waals surface area contributed by atoms with E-state index >= 15 is 0 Å². The maximum absolute atomic E-state index is 11.7. The number of nitrogens with one attached hydrogen (secondary N) is 1. The Morgan fingerprint density at radius 1 is 1.32 bits per heavy atom. The molecule has 0 aromatic carbocycles. The summed E-state index contributed by atoms with van der Waals surface area (Å²) in [6.45, 7) is 6.88. The van der Waals surface area contributed by atoms with E-state index in [2.05, 4.69) is 11.9 Å². The van der Waals surface area contributed by atoms with E-state index in [1.54, 1.807) is 6.92 Å². The Hall–Kier alpha value is -1.52. The van der Waals surface area contributed by atoms with Crippen LogP contribution >= 0.6 is 0 Å². The van der Waals surface area contributed by atoms with Crippen LogP contribution in [-0.2, 0) is 14.3 Å². The SMILES string of the molecule is C=C(C)C(=O)OC(CC)NC(=O)OC1CCCCC1. The first-order valence-corrected chi connectivity index (χ1v) is 6.86. The highest BCUT2D eigenvalue weighted by Gasteiger charge is 2.21. The maximum atomic E-state index is 11.7. The van der Waals surface area contributed by atoms with Gasteiger partial charge >= 0.3 is 12.1 Å². The summed E-state index contributed by atoms with van der Waals surface area (Å²) in [5.41, 5.74) is 0.306. The number of esters is 1. The zero-order valence-electron chi connectivity index (χ0n) is 11.7. The summed E-state index contributed by atoms with van der Waals surface area (Å²) in [6.07, 6.45) is 4.51. The Bertz CT molecular complexity index is 334. The van der Waals surface area contributed by atoms with Gasteiger partial charge in [-0.25, -0.2) is 9.59 Å². The van der Waals surface area contributed by atoms with Crippen LogP contribution in [-0.4, -0.2) is 24.4 Å². The molecular weight excluding hydrogens is 246 g/mol. The van der Waals surface area contributed by atoms with E-state index < -0.39 is 18.3 Å². The number of carbonyl (C=O) groups excluding carboxylic acids is 2. The molecule has 5 nitrogen and oxygen atoms in total. The second-order valence-corrected chi connectivity index (χ2v) is 4.89. The monoisotopic (exact) mass is 269 g/mol. The number of alkyl carbamates (subject to hydrolysis) is 1. The first-order valence-electron chi connectivity index (χ1n) is 6.86. The van der Waals surface area contributed by atoms with Crippen LogP contribution in [0.15, 0.2) is 12.2 Å². The molecule has 1 unspecified atom stereocenters. The van der Waals surface area contributed by atoms with Crippen molar-refractivity contribution in [3.8, 4) is 0 Å². The van der Waals surface area contributed by atoms with Crippen molar-refractivity contribution in [2.45, 2.75) is 64.7 Å². The fourth-order valence-corrected chi connectivity index (χ4v) is 1.94. The number of carbonyl (C=O) groups is 2. The van der Waals surface area contributed by atoms with Gasteiger partial charge in [0.25, 0.3) is 0 Å². The first-order chi connectivity index (χ1) is 9.02. The van der Waals surface area contributed by atoms with Gasteiger partial charge in [0.1, 0.15) is 6.10 Å². The van der Waals surface area contributed by atoms with Gasteiger partial charge in [-0.1, -0.05) is 19.9 Å². The normalized spacial score (nSPS) is 17.4. The second-order valence-electron chi connectivity index (χ2n) is 4.89. The van der Waals surface area contributed by atoms with Gasteiger partial charge in [0, 0.05) is 12.0 Å². The Morgan fingerprint density at radius 2 is 1.95 bits per heavy atom. The van der Waals surface area contributed by atoms with Gasteiger partial charge in [-0.3, -0.25) is 5.32 Å². The van der Waals surface area contributed by atoms with Crippen molar-refractivity contribution in [2.24, 2.45) is 0 Å². The Balaban J connectivity index is 2.35. The van der Waals surface area contributed by atoms with Crippen molar-refractivity contribution in [3.05, 3.63) is 12.2 Å². The minimum atomic E-state index is -0.666. The van der Waals surface area contributed by atoms with Crippen LogP contribution in [0.2, 0.25) is 0 Å². The molecule has 1 amide bonds. The highest BCUT2D eigenvalue weighted by atomic mass is 16.6. The number of amides is 1. The van der Waals surface area contributed by atoms with E-state index in [1.165, 1.54) is 6.42 Å². The van der Waals surface area contributed by atoms with Crippen molar-refractivity contribution >= 4 is 12.1 Å². The molecule has 0 heterocycles. The van der Waals surface area contributed by atoms with Crippen LogP contribution in [0.5, 0.6) is 0 Å². The topological polar surface area (TPSA) is 64.6 Å². The predicted octanol–water partition coefficient (Wildman–Crippen LogP) is 2.90. The Kier molecular flexibility index (Phi) is 6.39. The van der Waals surface area contributed by atoms with Crippen molar-refractivity contribution in [2.75, 3.05) is 0 Å². The molecule has 0 aromatic heterocycles. The van der Waals surface area contributed by atoms with Crippen LogP contribution in [0.3, 0.4) is 0 Å². The molecule has 0 bridgehead atoms. The average Bonchev–Trinajstić information content (AvgIpc) is 2.38. The summed E-state index contributed by atoms with van der Waals surface area (Å²) < 4.78 is 10.4. The largest absolute Gasteiger partial charge is 0.446 e. The molecule has 1 fully saturated rings. The molecule has 5 heteroatoms. The molecule has 0 radical (unpaired) electrons. The molecule has 1 saturated carbocycles. The van der Waals surface area contributed by atoms with Crippen molar-refractivity contribution < 1.29 is 19.1 Å². The predicted molar refractivity (Wildman–Crippen MR) is 71.5 cm³/mol. The van der Waals surface area contributed by atoms with Crippen LogP contribution in [0.4, 0.5) is 4.79 Å². The fraction of sp³-hybridized carbons (Fsp3) is 0.714. The molecule has 1 aliphatic carbocycles. The highest BCUT2D eigenvalue weighted by molar-refractivity contribution is 5.87. The van der Waals surface area contributed by atoms with Gasteiger partial charge in [0.05, 0.1) is 0 Å². The quantitative estimate of drug-likeness (QED) is 0.473. The molecule has 0 spiro atoms. The van der Waals surface area contributed by atoms with E-state index in [9.17, 15) is 9.59 Å². The van der Waals surface area contributed by atoms with Gasteiger partial charge < -0.3 is 9.47 Å². The second kappa shape index (κ2) is 7.81. The summed E-state index contributed by atoms with van der Waals surface area (Å²) in [6, 6.07) is 0. The highest BCUT2D eigenvalue weighted by Crippen LogP contribution is 2.20. The summed E-state index contributed by atoms with van der Waals surface area (Å²) >= 11 is 0. The summed E-state index contributed by atoms with van der Waals surface area (Å²) in [7, 11) is 0. The minimum absolute atomic E-state index is 0.0110. The lowest BCUT2D eigenvalue weighted by molar-refractivity contribution is -0.145. The molecular formula is C14H23NO4.